The van der Waals surface area contributed by atoms with E-state index in [9.17, 15) is 41.4 Å². The first-order chi connectivity index (χ1) is 52.4. The van der Waals surface area contributed by atoms with Crippen molar-refractivity contribution < 1.29 is 55.3 Å². The highest BCUT2D eigenvalue weighted by Gasteiger charge is 2.39. The number of benzene rings is 7. The number of carbonyl (C=O) groups is 3. The molecule has 25 heteroatoms. The Balaban J connectivity index is 0.000000136. The van der Waals surface area contributed by atoms with Gasteiger partial charge < -0.3 is 24.8 Å². The van der Waals surface area contributed by atoms with Crippen molar-refractivity contribution in [1.29, 1.82) is 0 Å². The molecule has 2 fully saturated rings. The molecule has 562 valence electrons. The number of nitrogens with one attached hydrogen (secondary N) is 2. The molecule has 108 heavy (non-hydrogen) atoms. The first-order valence-electron chi connectivity index (χ1n) is 36.9. The summed E-state index contributed by atoms with van der Waals surface area (Å²) in [6.45, 7) is 4.34. The van der Waals surface area contributed by atoms with Gasteiger partial charge in [0.2, 0.25) is 0 Å². The number of aliphatic hydroxyl groups is 1. The molecular weight excluding hydrogens is 1450 g/mol. The molecule has 3 unspecified atom stereocenters. The van der Waals surface area contributed by atoms with Gasteiger partial charge in [0.25, 0.3) is 17.7 Å². The van der Waals surface area contributed by atoms with E-state index in [-0.39, 0.29) is 58.3 Å². The van der Waals surface area contributed by atoms with Crippen LogP contribution in [0.25, 0.3) is 17.1 Å². The second-order valence-electron chi connectivity index (χ2n) is 28.4. The van der Waals surface area contributed by atoms with Crippen LogP contribution >= 0.6 is 34.8 Å². The largest absolute Gasteiger partial charge is 0.390 e. The van der Waals surface area contributed by atoms with Crippen molar-refractivity contribution in [3.05, 3.63) is 280 Å². The summed E-state index contributed by atoms with van der Waals surface area (Å²) in [5, 5.41) is 31.5. The Hall–Kier alpha value is -9.13. The minimum absolute atomic E-state index is 0.0592. The Morgan fingerprint density at radius 2 is 0.954 bits per heavy atom. The normalized spacial score (nSPS) is 19.2. The zero-order valence-electron chi connectivity index (χ0n) is 59.3. The second kappa shape index (κ2) is 34.2. The van der Waals surface area contributed by atoms with Gasteiger partial charge in [0.1, 0.15) is 34.6 Å². The van der Waals surface area contributed by atoms with Crippen LogP contribution in [0, 0.1) is 34.9 Å². The van der Waals surface area contributed by atoms with Crippen molar-refractivity contribution >= 4 is 52.5 Å². The fourth-order valence-corrected chi connectivity index (χ4v) is 16.8. The van der Waals surface area contributed by atoms with Crippen molar-refractivity contribution in [2.45, 2.75) is 133 Å². The summed E-state index contributed by atoms with van der Waals surface area (Å²) in [5.41, 5.74) is 14.6. The van der Waals surface area contributed by atoms with Crippen molar-refractivity contribution in [1.82, 2.24) is 50.0 Å². The van der Waals surface area contributed by atoms with Crippen LogP contribution in [0.1, 0.15) is 175 Å². The average molecular weight is 1530 g/mol. The maximum absolute atomic E-state index is 15.1. The van der Waals surface area contributed by atoms with Crippen LogP contribution < -0.4 is 10.7 Å². The number of nitrogens with zero attached hydrogens (tertiary/aromatic N) is 8. The van der Waals surface area contributed by atoms with Gasteiger partial charge in [-0.05, 0) is 184 Å². The average Bonchev–Trinajstić information content (AvgIpc) is 1.59. The molecule has 16 rings (SSSR count). The van der Waals surface area contributed by atoms with Gasteiger partial charge in [-0.3, -0.25) is 19.8 Å². The molecule has 5 heterocycles. The van der Waals surface area contributed by atoms with E-state index in [1.54, 1.807) is 35.2 Å². The fourth-order valence-electron chi connectivity index (χ4n) is 16.1. The van der Waals surface area contributed by atoms with E-state index in [0.717, 1.165) is 149 Å². The van der Waals surface area contributed by atoms with E-state index in [2.05, 4.69) is 27.0 Å². The van der Waals surface area contributed by atoms with E-state index in [1.165, 1.54) is 57.9 Å². The fraction of sp³-hybridized carbons (Fsp3) is 0.349. The molecule has 0 spiro atoms. The summed E-state index contributed by atoms with van der Waals surface area (Å²) in [6.07, 6.45) is 11.7. The molecule has 2 saturated heterocycles. The molecular formula is C83H81Cl3F6N10O6. The number of fused-ring (bicyclic) bond motifs is 4. The first-order valence-corrected chi connectivity index (χ1v) is 38.0. The van der Waals surface area contributed by atoms with Gasteiger partial charge in [-0.25, -0.2) is 45.4 Å². The van der Waals surface area contributed by atoms with Crippen molar-refractivity contribution in [3.63, 3.8) is 0 Å². The molecule has 0 bridgehead atoms. The van der Waals surface area contributed by atoms with Crippen LogP contribution in [-0.2, 0) is 54.4 Å². The summed E-state index contributed by atoms with van der Waals surface area (Å²) in [6, 6.07) is 39.7. The highest BCUT2D eigenvalue weighted by molar-refractivity contribution is 6.35. The summed E-state index contributed by atoms with van der Waals surface area (Å²) in [7, 11) is 0. The van der Waals surface area contributed by atoms with Crippen LogP contribution in [0.4, 0.5) is 26.3 Å². The summed E-state index contributed by atoms with van der Waals surface area (Å²) in [5.74, 6) is -4.45. The third kappa shape index (κ3) is 17.1. The Bertz CT molecular complexity index is 4930. The van der Waals surface area contributed by atoms with Crippen LogP contribution in [0.2, 0.25) is 15.1 Å². The molecule has 10 aromatic rings. The molecule has 7 aromatic carbocycles. The topological polar surface area (TPSA) is 174 Å². The summed E-state index contributed by atoms with van der Waals surface area (Å²) >= 11 is 19.1. The Kier molecular flexibility index (Phi) is 24.0. The number of halogens is 9. The molecule has 0 radical (unpaired) electrons. The number of ether oxygens (including phenoxy) is 2. The van der Waals surface area contributed by atoms with Gasteiger partial charge in [0.15, 0.2) is 28.7 Å². The Labute approximate surface area is 636 Å². The number of hydrogen-bond donors (Lipinski definition) is 3. The van der Waals surface area contributed by atoms with Gasteiger partial charge in [-0.1, -0.05) is 115 Å². The lowest BCUT2D eigenvalue weighted by Crippen LogP contribution is -2.48. The maximum atomic E-state index is 15.1. The Morgan fingerprint density at radius 3 is 1.52 bits per heavy atom. The minimum atomic E-state index is -0.780. The van der Waals surface area contributed by atoms with Crippen LogP contribution in [0.5, 0.6) is 0 Å². The van der Waals surface area contributed by atoms with E-state index in [4.69, 9.17) is 49.4 Å². The second-order valence-corrected chi connectivity index (χ2v) is 29.6. The lowest BCUT2D eigenvalue weighted by atomic mass is 9.90. The quantitative estimate of drug-likeness (QED) is 0.0702. The molecule has 6 aliphatic rings. The van der Waals surface area contributed by atoms with Gasteiger partial charge >= 0.3 is 0 Å². The monoisotopic (exact) mass is 1530 g/mol. The number of morpholine rings is 2. The van der Waals surface area contributed by atoms with E-state index in [1.807, 2.05) is 64.3 Å². The van der Waals surface area contributed by atoms with Crippen LogP contribution in [0.3, 0.4) is 0 Å². The molecule has 4 aliphatic carbocycles. The highest BCUT2D eigenvalue weighted by atomic mass is 35.5. The van der Waals surface area contributed by atoms with Gasteiger partial charge in [0, 0.05) is 89.2 Å². The third-order valence-electron chi connectivity index (χ3n) is 21.2. The van der Waals surface area contributed by atoms with Crippen LogP contribution in [0.15, 0.2) is 152 Å². The zero-order valence-corrected chi connectivity index (χ0v) is 61.5. The molecule has 0 saturated carbocycles. The Morgan fingerprint density at radius 1 is 0.472 bits per heavy atom. The maximum Gasteiger partial charge on any atom is 0.286 e. The minimum Gasteiger partial charge on any atom is -0.390 e. The predicted molar refractivity (Wildman–Crippen MR) is 400 cm³/mol. The zero-order chi connectivity index (χ0) is 75.1. The van der Waals surface area contributed by atoms with E-state index >= 15 is 4.39 Å². The van der Waals surface area contributed by atoms with E-state index in [0.29, 0.717) is 112 Å². The number of hydrogen-bond acceptors (Lipinski definition) is 10. The first kappa shape index (κ1) is 75.7. The van der Waals surface area contributed by atoms with Crippen LogP contribution in [-0.4, -0.2) is 121 Å². The highest BCUT2D eigenvalue weighted by Crippen LogP contribution is 2.42. The number of hydrazine groups is 1. The molecule has 3 N–H and O–H groups in total. The molecule has 2 aliphatic heterocycles. The lowest BCUT2D eigenvalue weighted by Gasteiger charge is -2.26. The van der Waals surface area contributed by atoms with Crippen molar-refractivity contribution in [2.24, 2.45) is 0 Å². The molecule has 3 amide bonds. The van der Waals surface area contributed by atoms with E-state index < -0.39 is 41.3 Å². The number of carbonyl (C=O) groups excluding carboxylic acids is 3. The molecule has 16 nitrogen and oxygen atoms in total. The third-order valence-corrected chi connectivity index (χ3v) is 21.9. The van der Waals surface area contributed by atoms with Gasteiger partial charge in [-0.15, -0.1) is 0 Å². The molecule has 5 atom stereocenters. The SMILES string of the molecule is O=C(NN1CCOCC1)c1nn(-c2ccc(Cl)cc2Cl)c2c1CCCCC2Cc1cccc(Cl)c1.O=C(N[C@@H]1c2ccccc2C[C@@H]1O)c1nn(-c2ccc(F)cc2F)c2c1CCCCC2Cc1ccc(F)cc1.O=C(c1nn(-c2ccc(F)cc2F)c2c1CCCCC2Cc1cccc(F)c1)N1CCOCC1. The lowest BCUT2D eigenvalue weighted by molar-refractivity contribution is 0.0124. The number of aromatic nitrogens is 6. The summed E-state index contributed by atoms with van der Waals surface area (Å²) < 4.78 is 100. The number of aliphatic hydroxyl groups excluding tert-OH is 1. The van der Waals surface area contributed by atoms with Crippen molar-refractivity contribution in [3.8, 4) is 17.1 Å². The number of amides is 3. The smallest absolute Gasteiger partial charge is 0.286 e. The number of rotatable bonds is 14. The molecule has 3 aromatic heterocycles. The van der Waals surface area contributed by atoms with Gasteiger partial charge in [-0.2, -0.15) is 15.3 Å². The predicted octanol–water partition coefficient (Wildman–Crippen LogP) is 16.4. The standard InChI is InChI=1S/C31H28F3N3O2.C26H27Cl3N4O2.C26H26F3N3O2/c32-21-11-9-18(10-12-21)15-20-6-2-4-8-24-29(36-37(30(20)24)26-14-13-22(33)17-25(26)34)31(39)35-28-23-7-3-1-5-19(23)16-27(28)38;27-19-6-3-4-17(15-19)14-18-5-1-2-7-21-24(26(34)31-32-10-12-35-13-11-32)30-33(25(18)21)23-9-8-20(28)16-22(23)29;27-19-6-3-4-17(15-19)14-18-5-1-2-7-21-24(26(33)31-10-12-34-13-11-31)30-32(25(18)21)23-9-8-20(28)16-22(23)29/h1,3,5,7,9-14,17,20,27-28,38H,2,4,6,8,15-16H2,(H,35,39);3-4,6,8-9,15-16,18H,1-2,5,7,10-14H2,(H,31,34);3-4,6,8-9,15-16,18H,1-2,5,7,10-14H2/t20?,27-,28+;;/m0../s1. The van der Waals surface area contributed by atoms with Gasteiger partial charge in [0.05, 0.1) is 66.4 Å². The summed E-state index contributed by atoms with van der Waals surface area (Å²) in [4.78, 5) is 42.4. The van der Waals surface area contributed by atoms with Crippen molar-refractivity contribution in [2.75, 3.05) is 52.6 Å².